The molecule has 0 spiro atoms. The lowest BCUT2D eigenvalue weighted by Gasteiger charge is -2.15. The van der Waals surface area contributed by atoms with Gasteiger partial charge in [0, 0.05) is 13.0 Å². The maximum absolute atomic E-state index is 11.7. The van der Waals surface area contributed by atoms with Crippen molar-refractivity contribution in [3.8, 4) is 5.75 Å². The van der Waals surface area contributed by atoms with Crippen LogP contribution in [0.2, 0.25) is 0 Å². The molecular formula is C16H24N2O4. The van der Waals surface area contributed by atoms with Gasteiger partial charge in [-0.3, -0.25) is 4.79 Å². The minimum atomic E-state index is -0.860. The molecule has 0 saturated heterocycles. The van der Waals surface area contributed by atoms with Crippen LogP contribution in [0.4, 0.5) is 4.79 Å². The number of amides is 2. The van der Waals surface area contributed by atoms with E-state index in [2.05, 4.69) is 17.6 Å². The Morgan fingerprint density at radius 3 is 2.55 bits per heavy atom. The highest BCUT2D eigenvalue weighted by atomic mass is 16.5. The standard InChI is InChI=1S/C16H24N2O4/c1-3-11-22-14-8-6-13(7-9-14)12(2)18-16(21)17-10-4-5-15(19)20/h6-9,12H,3-5,10-11H2,1-2H3,(H,19,20)(H2,17,18,21). The van der Waals surface area contributed by atoms with Crippen LogP contribution in [0.25, 0.3) is 0 Å². The van der Waals surface area contributed by atoms with Crippen LogP contribution in [0.5, 0.6) is 5.75 Å². The molecule has 0 bridgehead atoms. The number of rotatable bonds is 9. The molecule has 0 saturated carbocycles. The van der Waals surface area contributed by atoms with Gasteiger partial charge in [-0.1, -0.05) is 19.1 Å². The summed E-state index contributed by atoms with van der Waals surface area (Å²) in [5.74, 6) is -0.0446. The van der Waals surface area contributed by atoms with Crippen LogP contribution in [0.15, 0.2) is 24.3 Å². The van der Waals surface area contributed by atoms with Gasteiger partial charge in [-0.2, -0.15) is 0 Å². The topological polar surface area (TPSA) is 87.7 Å². The zero-order valence-corrected chi connectivity index (χ0v) is 13.1. The van der Waals surface area contributed by atoms with E-state index in [1.807, 2.05) is 31.2 Å². The normalized spacial score (nSPS) is 11.5. The first kappa shape index (κ1) is 17.8. The summed E-state index contributed by atoms with van der Waals surface area (Å²) < 4.78 is 5.51. The van der Waals surface area contributed by atoms with Gasteiger partial charge in [-0.05, 0) is 37.5 Å². The van der Waals surface area contributed by atoms with Crippen molar-refractivity contribution in [2.24, 2.45) is 0 Å². The molecule has 122 valence electrons. The van der Waals surface area contributed by atoms with Crippen LogP contribution in [-0.4, -0.2) is 30.3 Å². The number of carboxylic acid groups (broad SMARTS) is 1. The second-order valence-electron chi connectivity index (χ2n) is 5.04. The predicted octanol–water partition coefficient (Wildman–Crippen LogP) is 2.70. The zero-order chi connectivity index (χ0) is 16.4. The fraction of sp³-hybridized carbons (Fsp3) is 0.500. The van der Waals surface area contributed by atoms with Gasteiger partial charge in [0.1, 0.15) is 5.75 Å². The van der Waals surface area contributed by atoms with E-state index in [4.69, 9.17) is 9.84 Å². The van der Waals surface area contributed by atoms with Crippen LogP contribution in [0, 0.1) is 0 Å². The van der Waals surface area contributed by atoms with Crippen LogP contribution < -0.4 is 15.4 Å². The minimum Gasteiger partial charge on any atom is -0.494 e. The highest BCUT2D eigenvalue weighted by Gasteiger charge is 2.09. The Hall–Kier alpha value is -2.24. The Balaban J connectivity index is 2.35. The van der Waals surface area contributed by atoms with Gasteiger partial charge in [0.2, 0.25) is 0 Å². The number of carbonyl (C=O) groups excluding carboxylic acids is 1. The fourth-order valence-electron chi connectivity index (χ4n) is 1.85. The molecule has 0 aliphatic carbocycles. The van der Waals surface area contributed by atoms with Gasteiger partial charge in [0.05, 0.1) is 12.6 Å². The van der Waals surface area contributed by atoms with E-state index >= 15 is 0 Å². The van der Waals surface area contributed by atoms with E-state index in [9.17, 15) is 9.59 Å². The average Bonchev–Trinajstić information content (AvgIpc) is 2.49. The first-order valence-electron chi connectivity index (χ1n) is 7.51. The molecule has 3 N–H and O–H groups in total. The number of hydrogen-bond donors (Lipinski definition) is 3. The maximum atomic E-state index is 11.7. The smallest absolute Gasteiger partial charge is 0.315 e. The summed E-state index contributed by atoms with van der Waals surface area (Å²) in [6.45, 7) is 4.97. The second-order valence-corrected chi connectivity index (χ2v) is 5.04. The molecule has 0 heterocycles. The summed E-state index contributed by atoms with van der Waals surface area (Å²) in [5.41, 5.74) is 0.976. The lowest BCUT2D eigenvalue weighted by Crippen LogP contribution is -2.37. The number of urea groups is 1. The van der Waals surface area contributed by atoms with Gasteiger partial charge in [0.15, 0.2) is 0 Å². The van der Waals surface area contributed by atoms with Crippen LogP contribution in [0.1, 0.15) is 44.7 Å². The first-order valence-corrected chi connectivity index (χ1v) is 7.51. The number of ether oxygens (including phenoxy) is 1. The van der Waals surface area contributed by atoms with Gasteiger partial charge in [-0.15, -0.1) is 0 Å². The summed E-state index contributed by atoms with van der Waals surface area (Å²) in [5, 5.41) is 14.0. The summed E-state index contributed by atoms with van der Waals surface area (Å²) in [4.78, 5) is 22.0. The molecule has 0 aromatic heterocycles. The lowest BCUT2D eigenvalue weighted by atomic mass is 10.1. The summed E-state index contributed by atoms with van der Waals surface area (Å²) in [7, 11) is 0. The summed E-state index contributed by atoms with van der Waals surface area (Å²) >= 11 is 0. The highest BCUT2D eigenvalue weighted by molar-refractivity contribution is 5.74. The lowest BCUT2D eigenvalue weighted by molar-refractivity contribution is -0.137. The Bertz CT molecular complexity index is 474. The quantitative estimate of drug-likeness (QED) is 0.612. The van der Waals surface area contributed by atoms with Crippen LogP contribution >= 0.6 is 0 Å². The van der Waals surface area contributed by atoms with Crippen LogP contribution in [-0.2, 0) is 4.79 Å². The molecule has 22 heavy (non-hydrogen) atoms. The molecule has 0 aliphatic rings. The zero-order valence-electron chi connectivity index (χ0n) is 13.1. The largest absolute Gasteiger partial charge is 0.494 e. The second kappa shape index (κ2) is 9.65. The molecule has 1 aromatic rings. The van der Waals surface area contributed by atoms with Gasteiger partial charge in [-0.25, -0.2) is 4.79 Å². The maximum Gasteiger partial charge on any atom is 0.315 e. The molecule has 6 nitrogen and oxygen atoms in total. The van der Waals surface area contributed by atoms with Crippen molar-refractivity contribution < 1.29 is 19.4 Å². The third-order valence-electron chi connectivity index (χ3n) is 3.05. The molecule has 1 rings (SSSR count). The van der Waals surface area contributed by atoms with Crippen molar-refractivity contribution in [2.75, 3.05) is 13.2 Å². The molecule has 1 atom stereocenters. The summed E-state index contributed by atoms with van der Waals surface area (Å²) in [6.07, 6.45) is 1.43. The van der Waals surface area contributed by atoms with Crippen molar-refractivity contribution >= 4 is 12.0 Å². The average molecular weight is 308 g/mol. The van der Waals surface area contributed by atoms with E-state index in [1.165, 1.54) is 0 Å². The molecule has 1 unspecified atom stereocenters. The van der Waals surface area contributed by atoms with Crippen molar-refractivity contribution in [1.82, 2.24) is 10.6 Å². The van der Waals surface area contributed by atoms with Crippen molar-refractivity contribution in [2.45, 2.75) is 39.2 Å². The van der Waals surface area contributed by atoms with Crippen molar-refractivity contribution in [3.63, 3.8) is 0 Å². The SMILES string of the molecule is CCCOc1ccc(C(C)NC(=O)NCCCC(=O)O)cc1. The van der Waals surface area contributed by atoms with Gasteiger partial charge >= 0.3 is 12.0 Å². The van der Waals surface area contributed by atoms with Crippen molar-refractivity contribution in [3.05, 3.63) is 29.8 Å². The third kappa shape index (κ3) is 6.97. The number of carboxylic acids is 1. The highest BCUT2D eigenvalue weighted by Crippen LogP contribution is 2.17. The fourth-order valence-corrected chi connectivity index (χ4v) is 1.85. The Kier molecular flexibility index (Phi) is 7.81. The van der Waals surface area contributed by atoms with E-state index < -0.39 is 5.97 Å². The first-order chi connectivity index (χ1) is 10.5. The van der Waals surface area contributed by atoms with E-state index in [1.54, 1.807) is 0 Å². The monoisotopic (exact) mass is 308 g/mol. The number of aliphatic carboxylic acids is 1. The number of benzene rings is 1. The molecule has 2 amide bonds. The van der Waals surface area contributed by atoms with E-state index in [0.717, 1.165) is 17.7 Å². The minimum absolute atomic E-state index is 0.0507. The van der Waals surface area contributed by atoms with Crippen LogP contribution in [0.3, 0.4) is 0 Å². The van der Waals surface area contributed by atoms with E-state index in [0.29, 0.717) is 19.6 Å². The predicted molar refractivity (Wildman–Crippen MR) is 84.0 cm³/mol. The van der Waals surface area contributed by atoms with Gasteiger partial charge < -0.3 is 20.5 Å². The number of carbonyl (C=O) groups is 2. The summed E-state index contributed by atoms with van der Waals surface area (Å²) in [6, 6.07) is 7.16. The molecular weight excluding hydrogens is 284 g/mol. The third-order valence-corrected chi connectivity index (χ3v) is 3.05. The van der Waals surface area contributed by atoms with Crippen molar-refractivity contribution in [1.29, 1.82) is 0 Å². The molecule has 0 aliphatic heterocycles. The Labute approximate surface area is 130 Å². The molecule has 0 radical (unpaired) electrons. The molecule has 6 heteroatoms. The number of nitrogens with one attached hydrogen (secondary N) is 2. The molecule has 1 aromatic carbocycles. The molecule has 0 fully saturated rings. The van der Waals surface area contributed by atoms with E-state index in [-0.39, 0.29) is 18.5 Å². The number of hydrogen-bond acceptors (Lipinski definition) is 3. The Morgan fingerprint density at radius 2 is 1.95 bits per heavy atom. The van der Waals surface area contributed by atoms with Gasteiger partial charge in [0.25, 0.3) is 0 Å². The Morgan fingerprint density at radius 1 is 1.27 bits per heavy atom.